The summed E-state index contributed by atoms with van der Waals surface area (Å²) in [6, 6.07) is 3.05. The van der Waals surface area contributed by atoms with Crippen LogP contribution in [0.25, 0.3) is 0 Å². The van der Waals surface area contributed by atoms with Crippen LogP contribution in [0, 0.1) is 12.8 Å². The average Bonchev–Trinajstić information content (AvgIpc) is 2.91. The highest BCUT2D eigenvalue weighted by Gasteiger charge is 2.34. The monoisotopic (exact) mass is 304 g/mol. The summed E-state index contributed by atoms with van der Waals surface area (Å²) in [5.74, 6) is 0.533. The van der Waals surface area contributed by atoms with Gasteiger partial charge in [0.2, 0.25) is 0 Å². The molecule has 0 unspecified atom stereocenters. The van der Waals surface area contributed by atoms with Crippen molar-refractivity contribution in [2.75, 3.05) is 13.7 Å². The molecule has 21 heavy (non-hydrogen) atoms. The number of hydrogen-bond donors (Lipinski definition) is 0. The predicted octanol–water partition coefficient (Wildman–Crippen LogP) is 4.47. The average molecular weight is 304 g/mol. The lowest BCUT2D eigenvalue weighted by atomic mass is 10.1. The molecule has 0 amide bonds. The summed E-state index contributed by atoms with van der Waals surface area (Å²) in [4.78, 5) is 0. The van der Waals surface area contributed by atoms with Gasteiger partial charge in [-0.05, 0) is 37.8 Å². The van der Waals surface area contributed by atoms with E-state index >= 15 is 0 Å². The largest absolute Gasteiger partial charge is 0.573 e. The first-order valence-electron chi connectivity index (χ1n) is 6.97. The molecule has 0 atom stereocenters. The molecule has 1 aliphatic rings. The normalized spacial score (nSPS) is 16.0. The quantitative estimate of drug-likeness (QED) is 0.803. The summed E-state index contributed by atoms with van der Waals surface area (Å²) in [5, 5.41) is 0. The fraction of sp³-hybridized carbons (Fsp3) is 0.600. The lowest BCUT2D eigenvalue weighted by Gasteiger charge is -2.19. The minimum absolute atomic E-state index is 0.109. The van der Waals surface area contributed by atoms with Crippen molar-refractivity contribution in [3.8, 4) is 17.2 Å². The minimum Gasteiger partial charge on any atom is -0.496 e. The van der Waals surface area contributed by atoms with Crippen LogP contribution in [0.1, 0.15) is 31.2 Å². The molecule has 0 radical (unpaired) electrons. The maximum atomic E-state index is 12.6. The van der Waals surface area contributed by atoms with Gasteiger partial charge in [-0.2, -0.15) is 0 Å². The van der Waals surface area contributed by atoms with Crippen molar-refractivity contribution in [2.45, 2.75) is 39.0 Å². The van der Waals surface area contributed by atoms with Gasteiger partial charge in [0.05, 0.1) is 13.7 Å². The molecule has 2 rings (SSSR count). The Kier molecular flexibility index (Phi) is 4.85. The van der Waals surface area contributed by atoms with Gasteiger partial charge < -0.3 is 14.2 Å². The molecule has 1 fully saturated rings. The minimum atomic E-state index is -4.76. The van der Waals surface area contributed by atoms with Crippen LogP contribution in [0.4, 0.5) is 13.2 Å². The second kappa shape index (κ2) is 6.45. The zero-order valence-corrected chi connectivity index (χ0v) is 12.1. The van der Waals surface area contributed by atoms with Crippen molar-refractivity contribution >= 4 is 0 Å². The van der Waals surface area contributed by atoms with E-state index in [1.54, 1.807) is 6.07 Å². The summed E-state index contributed by atoms with van der Waals surface area (Å²) < 4.78 is 52.4. The summed E-state index contributed by atoms with van der Waals surface area (Å²) in [5.41, 5.74) is 0.277. The highest BCUT2D eigenvalue weighted by molar-refractivity contribution is 5.53. The molecule has 0 aromatic heterocycles. The van der Waals surface area contributed by atoms with Crippen LogP contribution >= 0.6 is 0 Å². The van der Waals surface area contributed by atoms with Crippen molar-refractivity contribution in [2.24, 2.45) is 5.92 Å². The Balaban J connectivity index is 2.19. The Hall–Kier alpha value is -1.59. The Morgan fingerprint density at radius 3 is 2.33 bits per heavy atom. The Morgan fingerprint density at radius 1 is 1.14 bits per heavy atom. The summed E-state index contributed by atoms with van der Waals surface area (Å²) >= 11 is 0. The molecule has 118 valence electrons. The third-order valence-corrected chi connectivity index (χ3v) is 3.71. The van der Waals surface area contributed by atoms with Gasteiger partial charge >= 0.3 is 6.36 Å². The second-order valence-corrected chi connectivity index (χ2v) is 5.23. The van der Waals surface area contributed by atoms with E-state index in [0.717, 1.165) is 25.7 Å². The molecule has 0 spiro atoms. The van der Waals surface area contributed by atoms with Gasteiger partial charge in [0.1, 0.15) is 5.75 Å². The van der Waals surface area contributed by atoms with E-state index in [1.807, 2.05) is 0 Å². The first-order chi connectivity index (χ1) is 9.90. The molecule has 1 saturated carbocycles. The van der Waals surface area contributed by atoms with Crippen LogP contribution in [0.5, 0.6) is 17.2 Å². The lowest BCUT2D eigenvalue weighted by molar-refractivity contribution is -0.275. The van der Waals surface area contributed by atoms with Crippen molar-refractivity contribution in [3.05, 3.63) is 17.7 Å². The molecular formula is C15H19F3O3. The number of alkyl halides is 3. The standard InChI is InChI=1S/C15H19F3O3/c1-10-12(19-2)7-8-13(14(10)21-15(16,17)18)20-9-11-5-3-4-6-11/h7-8,11H,3-6,9H2,1-2H3. The van der Waals surface area contributed by atoms with Gasteiger partial charge in [-0.15, -0.1) is 13.2 Å². The SMILES string of the molecule is COc1ccc(OCC2CCCC2)c(OC(F)(F)F)c1C. The fourth-order valence-corrected chi connectivity index (χ4v) is 2.61. The van der Waals surface area contributed by atoms with Gasteiger partial charge in [0, 0.05) is 5.56 Å². The zero-order chi connectivity index (χ0) is 15.5. The van der Waals surface area contributed by atoms with Gasteiger partial charge in [-0.25, -0.2) is 0 Å². The fourth-order valence-electron chi connectivity index (χ4n) is 2.61. The van der Waals surface area contributed by atoms with E-state index < -0.39 is 6.36 Å². The van der Waals surface area contributed by atoms with Crippen molar-refractivity contribution in [1.29, 1.82) is 0 Å². The van der Waals surface area contributed by atoms with Gasteiger partial charge in [-0.1, -0.05) is 12.8 Å². The predicted molar refractivity (Wildman–Crippen MR) is 71.9 cm³/mol. The van der Waals surface area contributed by atoms with Crippen LogP contribution in [0.2, 0.25) is 0 Å². The number of ether oxygens (including phenoxy) is 3. The van der Waals surface area contributed by atoms with Crippen molar-refractivity contribution in [3.63, 3.8) is 0 Å². The molecule has 0 aliphatic heterocycles. The first-order valence-corrected chi connectivity index (χ1v) is 6.97. The van der Waals surface area contributed by atoms with E-state index in [9.17, 15) is 13.2 Å². The number of rotatable bonds is 5. The molecule has 0 saturated heterocycles. The lowest BCUT2D eigenvalue weighted by Crippen LogP contribution is -2.19. The third kappa shape index (κ3) is 4.19. The Labute approximate surface area is 122 Å². The number of hydrogen-bond acceptors (Lipinski definition) is 3. The molecule has 1 aromatic carbocycles. The second-order valence-electron chi connectivity index (χ2n) is 5.23. The van der Waals surface area contributed by atoms with Crippen LogP contribution in [-0.4, -0.2) is 20.1 Å². The van der Waals surface area contributed by atoms with Crippen molar-refractivity contribution in [1.82, 2.24) is 0 Å². The maximum absolute atomic E-state index is 12.6. The highest BCUT2D eigenvalue weighted by Crippen LogP contribution is 2.40. The number of methoxy groups -OCH3 is 1. The molecule has 1 aromatic rings. The Morgan fingerprint density at radius 2 is 1.76 bits per heavy atom. The van der Waals surface area contributed by atoms with Crippen LogP contribution in [-0.2, 0) is 0 Å². The molecule has 0 bridgehead atoms. The topological polar surface area (TPSA) is 27.7 Å². The van der Waals surface area contributed by atoms with E-state index in [4.69, 9.17) is 9.47 Å². The zero-order valence-electron chi connectivity index (χ0n) is 12.1. The molecule has 6 heteroatoms. The van der Waals surface area contributed by atoms with E-state index in [1.165, 1.54) is 20.1 Å². The van der Waals surface area contributed by atoms with Crippen LogP contribution in [0.3, 0.4) is 0 Å². The first kappa shape index (κ1) is 15.8. The summed E-state index contributed by atoms with van der Waals surface area (Å²) in [6.07, 6.45) is -0.332. The molecule has 3 nitrogen and oxygen atoms in total. The third-order valence-electron chi connectivity index (χ3n) is 3.71. The molecule has 0 heterocycles. The van der Waals surface area contributed by atoms with Crippen LogP contribution < -0.4 is 14.2 Å². The molecular weight excluding hydrogens is 285 g/mol. The van der Waals surface area contributed by atoms with Gasteiger partial charge in [0.25, 0.3) is 0 Å². The summed E-state index contributed by atoms with van der Waals surface area (Å²) in [6.45, 7) is 1.93. The van der Waals surface area contributed by atoms with Gasteiger partial charge in [-0.3, -0.25) is 0 Å². The number of benzene rings is 1. The summed E-state index contributed by atoms with van der Waals surface area (Å²) in [7, 11) is 1.40. The maximum Gasteiger partial charge on any atom is 0.573 e. The Bertz CT molecular complexity index is 480. The van der Waals surface area contributed by atoms with E-state index in [0.29, 0.717) is 18.3 Å². The van der Waals surface area contributed by atoms with Crippen molar-refractivity contribution < 1.29 is 27.4 Å². The van der Waals surface area contributed by atoms with E-state index in [-0.39, 0.29) is 17.1 Å². The van der Waals surface area contributed by atoms with E-state index in [2.05, 4.69) is 4.74 Å². The molecule has 1 aliphatic carbocycles. The number of halogens is 3. The van der Waals surface area contributed by atoms with Crippen LogP contribution in [0.15, 0.2) is 12.1 Å². The molecule has 0 N–H and O–H groups in total. The smallest absolute Gasteiger partial charge is 0.496 e. The highest BCUT2D eigenvalue weighted by atomic mass is 19.4. The van der Waals surface area contributed by atoms with Gasteiger partial charge in [0.15, 0.2) is 11.5 Å².